The predicted octanol–water partition coefficient (Wildman–Crippen LogP) is 3.14. The summed E-state index contributed by atoms with van der Waals surface area (Å²) < 4.78 is 17.2. The van der Waals surface area contributed by atoms with Gasteiger partial charge in [-0.2, -0.15) is 5.10 Å². The number of hydrogen-bond donors (Lipinski definition) is 2. The number of amides is 2. The highest BCUT2D eigenvalue weighted by Crippen LogP contribution is 2.32. The van der Waals surface area contributed by atoms with Gasteiger partial charge in [-0.3, -0.25) is 0 Å². The van der Waals surface area contributed by atoms with E-state index >= 15 is 0 Å². The minimum atomic E-state index is -0.475. The molecule has 2 amide bonds. The molecule has 3 aromatic rings. The fraction of sp³-hybridized carbons (Fsp3) is 0.227. The number of nitrogens with zero attached hydrogens (tertiary/aromatic N) is 2. The van der Waals surface area contributed by atoms with E-state index in [1.807, 2.05) is 24.3 Å². The van der Waals surface area contributed by atoms with Crippen molar-refractivity contribution in [1.29, 1.82) is 0 Å². The van der Waals surface area contributed by atoms with E-state index in [1.165, 1.54) is 0 Å². The molecule has 160 valence electrons. The number of urea groups is 1. The van der Waals surface area contributed by atoms with Gasteiger partial charge in [0.05, 0.1) is 12.3 Å². The maximum atomic E-state index is 12.3. The number of fused-ring (bicyclic) bond motifs is 1. The first kappa shape index (κ1) is 20.3. The number of aromatic nitrogens is 2. The van der Waals surface area contributed by atoms with E-state index in [0.29, 0.717) is 24.3 Å². The molecule has 2 heterocycles. The van der Waals surface area contributed by atoms with E-state index in [2.05, 4.69) is 15.7 Å². The minimum absolute atomic E-state index is 0.224. The topological polar surface area (TPSA) is 104 Å². The average molecular weight is 422 g/mol. The van der Waals surface area contributed by atoms with Crippen molar-refractivity contribution in [1.82, 2.24) is 15.1 Å². The number of carbonyl (C=O) groups is 2. The van der Waals surface area contributed by atoms with Gasteiger partial charge in [0.2, 0.25) is 6.79 Å². The van der Waals surface area contributed by atoms with Crippen LogP contribution in [0.1, 0.15) is 23.0 Å². The Hall–Kier alpha value is -4.01. The first-order valence-electron chi connectivity index (χ1n) is 9.89. The third-order valence-electron chi connectivity index (χ3n) is 4.58. The highest BCUT2D eigenvalue weighted by molar-refractivity contribution is 5.89. The third-order valence-corrected chi connectivity index (χ3v) is 4.58. The summed E-state index contributed by atoms with van der Waals surface area (Å²) in [5.74, 6) is 0.988. The van der Waals surface area contributed by atoms with Crippen LogP contribution < -0.4 is 20.1 Å². The number of hydrogen-bond acceptors (Lipinski definition) is 6. The smallest absolute Gasteiger partial charge is 0.358 e. The summed E-state index contributed by atoms with van der Waals surface area (Å²) in [7, 11) is 0. The van der Waals surface area contributed by atoms with Crippen LogP contribution in [0.3, 0.4) is 0 Å². The molecule has 0 unspecified atom stereocenters. The van der Waals surface area contributed by atoms with Gasteiger partial charge in [0.15, 0.2) is 17.2 Å². The minimum Gasteiger partial charge on any atom is -0.461 e. The lowest BCUT2D eigenvalue weighted by Crippen LogP contribution is -2.30. The van der Waals surface area contributed by atoms with Gasteiger partial charge in [0.1, 0.15) is 0 Å². The third kappa shape index (κ3) is 4.95. The molecule has 0 saturated carbocycles. The van der Waals surface area contributed by atoms with Crippen molar-refractivity contribution >= 4 is 17.7 Å². The SMILES string of the molecule is CCOC(=O)c1ccn(-c2cccc(NC(=O)NCCc3ccc4c(c3)OCO4)c2)n1. The Kier molecular flexibility index (Phi) is 6.02. The van der Waals surface area contributed by atoms with Gasteiger partial charge < -0.3 is 24.8 Å². The average Bonchev–Trinajstić information content (AvgIpc) is 3.44. The molecule has 1 aliphatic heterocycles. The first-order valence-corrected chi connectivity index (χ1v) is 9.89. The summed E-state index contributed by atoms with van der Waals surface area (Å²) in [5.41, 5.74) is 2.57. The molecule has 4 rings (SSSR count). The molecule has 0 atom stereocenters. The fourth-order valence-corrected chi connectivity index (χ4v) is 3.10. The maximum absolute atomic E-state index is 12.3. The Bertz CT molecular complexity index is 1100. The zero-order valence-electron chi connectivity index (χ0n) is 17.0. The molecule has 31 heavy (non-hydrogen) atoms. The van der Waals surface area contributed by atoms with Crippen LogP contribution in [0.4, 0.5) is 10.5 Å². The van der Waals surface area contributed by atoms with Crippen molar-refractivity contribution < 1.29 is 23.8 Å². The zero-order valence-corrected chi connectivity index (χ0v) is 17.0. The zero-order chi connectivity index (χ0) is 21.6. The molecule has 9 nitrogen and oxygen atoms in total. The van der Waals surface area contributed by atoms with E-state index < -0.39 is 5.97 Å². The first-order chi connectivity index (χ1) is 15.1. The summed E-state index contributed by atoms with van der Waals surface area (Å²) in [4.78, 5) is 24.0. The highest BCUT2D eigenvalue weighted by Gasteiger charge is 2.13. The van der Waals surface area contributed by atoms with Gasteiger partial charge in [0, 0.05) is 18.4 Å². The van der Waals surface area contributed by atoms with Crippen LogP contribution in [0, 0.1) is 0 Å². The number of rotatable bonds is 7. The van der Waals surface area contributed by atoms with Crippen LogP contribution in [0.15, 0.2) is 54.7 Å². The molecule has 9 heteroatoms. The molecule has 1 aromatic heterocycles. The Morgan fingerprint density at radius 3 is 2.87 bits per heavy atom. The lowest BCUT2D eigenvalue weighted by Gasteiger charge is -2.09. The quantitative estimate of drug-likeness (QED) is 0.567. The number of esters is 1. The van der Waals surface area contributed by atoms with Crippen molar-refractivity contribution in [2.75, 3.05) is 25.3 Å². The van der Waals surface area contributed by atoms with E-state index in [9.17, 15) is 9.59 Å². The number of anilines is 1. The normalized spacial score (nSPS) is 11.8. The van der Waals surface area contributed by atoms with Gasteiger partial charge in [-0.05, 0) is 55.3 Å². The molecule has 2 N–H and O–H groups in total. The van der Waals surface area contributed by atoms with E-state index in [1.54, 1.807) is 42.1 Å². The van der Waals surface area contributed by atoms with Crippen LogP contribution in [0.2, 0.25) is 0 Å². The summed E-state index contributed by atoms with van der Waals surface area (Å²) in [6, 6.07) is 14.2. The second-order valence-corrected chi connectivity index (χ2v) is 6.73. The Morgan fingerprint density at radius 1 is 1.13 bits per heavy atom. The number of nitrogens with one attached hydrogen (secondary N) is 2. The van der Waals surface area contributed by atoms with E-state index in [0.717, 1.165) is 17.1 Å². The molecule has 0 bridgehead atoms. The Labute approximate surface area is 178 Å². The summed E-state index contributed by atoms with van der Waals surface area (Å²) in [6.07, 6.45) is 2.32. The van der Waals surface area contributed by atoms with Gasteiger partial charge >= 0.3 is 12.0 Å². The second kappa shape index (κ2) is 9.21. The Balaban J connectivity index is 1.31. The van der Waals surface area contributed by atoms with Gasteiger partial charge in [-0.1, -0.05) is 12.1 Å². The monoisotopic (exact) mass is 422 g/mol. The number of ether oxygens (including phenoxy) is 3. The Morgan fingerprint density at radius 2 is 2.00 bits per heavy atom. The van der Waals surface area contributed by atoms with Crippen molar-refractivity contribution in [3.63, 3.8) is 0 Å². The second-order valence-electron chi connectivity index (χ2n) is 6.73. The predicted molar refractivity (Wildman–Crippen MR) is 113 cm³/mol. The molecular weight excluding hydrogens is 400 g/mol. The highest BCUT2D eigenvalue weighted by atomic mass is 16.7. The lowest BCUT2D eigenvalue weighted by atomic mass is 10.1. The van der Waals surface area contributed by atoms with Gasteiger partial charge in [-0.15, -0.1) is 0 Å². The molecular formula is C22H22N4O5. The fourth-order valence-electron chi connectivity index (χ4n) is 3.10. The van der Waals surface area contributed by atoms with E-state index in [4.69, 9.17) is 14.2 Å². The maximum Gasteiger partial charge on any atom is 0.358 e. The van der Waals surface area contributed by atoms with Crippen molar-refractivity contribution in [2.45, 2.75) is 13.3 Å². The van der Waals surface area contributed by atoms with Crippen LogP contribution in [-0.4, -0.2) is 41.7 Å². The van der Waals surface area contributed by atoms with Gasteiger partial charge in [-0.25, -0.2) is 14.3 Å². The molecule has 0 spiro atoms. The molecule has 1 aliphatic rings. The number of benzene rings is 2. The molecule has 0 saturated heterocycles. The van der Waals surface area contributed by atoms with E-state index in [-0.39, 0.29) is 25.1 Å². The van der Waals surface area contributed by atoms with Crippen LogP contribution in [-0.2, 0) is 11.2 Å². The van der Waals surface area contributed by atoms with Gasteiger partial charge in [0.25, 0.3) is 0 Å². The van der Waals surface area contributed by atoms with Crippen molar-refractivity contribution in [3.05, 3.63) is 66.0 Å². The lowest BCUT2D eigenvalue weighted by molar-refractivity contribution is 0.0519. The summed E-state index contributed by atoms with van der Waals surface area (Å²) >= 11 is 0. The van der Waals surface area contributed by atoms with Crippen molar-refractivity contribution in [3.8, 4) is 17.2 Å². The van der Waals surface area contributed by atoms with Crippen molar-refractivity contribution in [2.24, 2.45) is 0 Å². The van der Waals surface area contributed by atoms with Crippen LogP contribution in [0.5, 0.6) is 11.5 Å². The summed E-state index contributed by atoms with van der Waals surface area (Å²) in [6.45, 7) is 2.73. The molecule has 2 aromatic carbocycles. The molecule has 0 fully saturated rings. The van der Waals surface area contributed by atoms with Crippen LogP contribution in [0.25, 0.3) is 5.69 Å². The number of carbonyl (C=O) groups excluding carboxylic acids is 2. The standard InChI is InChI=1S/C22H22N4O5/c1-2-29-21(27)18-9-11-26(25-18)17-5-3-4-16(13-17)24-22(28)23-10-8-15-6-7-19-20(12-15)31-14-30-19/h3-7,9,11-13H,2,8,10,14H2,1H3,(H2,23,24,28). The largest absolute Gasteiger partial charge is 0.461 e. The molecule has 0 aliphatic carbocycles. The molecule has 0 radical (unpaired) electrons. The van der Waals surface area contributed by atoms with Crippen LogP contribution >= 0.6 is 0 Å². The summed E-state index contributed by atoms with van der Waals surface area (Å²) in [5, 5.41) is 9.86.